The van der Waals surface area contributed by atoms with Gasteiger partial charge >= 0.3 is 5.97 Å². The Morgan fingerprint density at radius 2 is 2.05 bits per heavy atom. The zero-order valence-electron chi connectivity index (χ0n) is 12.0. The normalized spacial score (nSPS) is 17.1. The molecule has 4 heteroatoms. The Kier molecular flexibility index (Phi) is 5.41. The molecular weight excluding hydrogens is 254 g/mol. The fourth-order valence-electron chi connectivity index (χ4n) is 2.59. The average molecular weight is 277 g/mol. The standard InChI is InChI=1S/C16H23NO3/c1-13-5-2-3-6-15(13)20-12-4-9-17-10-7-14(8-11-17)16(18)19/h2-3,5-6,14H,4,7-12H2,1H3,(H,18,19). The van der Waals surface area contributed by atoms with Crippen LogP contribution < -0.4 is 4.74 Å². The quantitative estimate of drug-likeness (QED) is 0.812. The zero-order chi connectivity index (χ0) is 14.4. The molecule has 0 amide bonds. The number of likely N-dealkylation sites (tertiary alicyclic amines) is 1. The number of piperidine rings is 1. The minimum atomic E-state index is -0.646. The van der Waals surface area contributed by atoms with Crippen molar-refractivity contribution in [1.29, 1.82) is 0 Å². The highest BCUT2D eigenvalue weighted by Crippen LogP contribution is 2.18. The maximum atomic E-state index is 10.9. The summed E-state index contributed by atoms with van der Waals surface area (Å²) in [6.45, 7) is 5.52. The first-order chi connectivity index (χ1) is 9.66. The molecule has 1 aromatic carbocycles. The number of ether oxygens (including phenoxy) is 1. The average Bonchev–Trinajstić information content (AvgIpc) is 2.46. The minimum absolute atomic E-state index is 0.144. The summed E-state index contributed by atoms with van der Waals surface area (Å²) in [5.74, 6) is 0.166. The second kappa shape index (κ2) is 7.29. The first kappa shape index (κ1) is 14.9. The largest absolute Gasteiger partial charge is 0.493 e. The predicted molar refractivity (Wildman–Crippen MR) is 78.1 cm³/mol. The van der Waals surface area contributed by atoms with E-state index in [0.29, 0.717) is 6.61 Å². The van der Waals surface area contributed by atoms with Crippen LogP contribution in [0.3, 0.4) is 0 Å². The molecule has 0 aliphatic carbocycles. The minimum Gasteiger partial charge on any atom is -0.493 e. The van der Waals surface area contributed by atoms with Crippen molar-refractivity contribution in [3.63, 3.8) is 0 Å². The molecule has 20 heavy (non-hydrogen) atoms. The number of rotatable bonds is 6. The zero-order valence-corrected chi connectivity index (χ0v) is 12.0. The molecule has 0 radical (unpaired) electrons. The molecule has 4 nitrogen and oxygen atoms in total. The van der Waals surface area contributed by atoms with Crippen LogP contribution >= 0.6 is 0 Å². The fraction of sp³-hybridized carbons (Fsp3) is 0.562. The van der Waals surface area contributed by atoms with Crippen molar-refractivity contribution in [2.75, 3.05) is 26.2 Å². The van der Waals surface area contributed by atoms with Crippen molar-refractivity contribution in [3.05, 3.63) is 29.8 Å². The summed E-state index contributed by atoms with van der Waals surface area (Å²) < 4.78 is 5.77. The van der Waals surface area contributed by atoms with Crippen LogP contribution in [0.1, 0.15) is 24.8 Å². The van der Waals surface area contributed by atoms with Crippen molar-refractivity contribution in [1.82, 2.24) is 4.90 Å². The molecule has 1 saturated heterocycles. The Bertz CT molecular complexity index is 439. The number of aliphatic carboxylic acids is 1. The molecular formula is C16H23NO3. The van der Waals surface area contributed by atoms with Gasteiger partial charge in [-0.3, -0.25) is 4.79 Å². The summed E-state index contributed by atoms with van der Waals surface area (Å²) in [6.07, 6.45) is 2.52. The number of benzene rings is 1. The molecule has 1 heterocycles. The summed E-state index contributed by atoms with van der Waals surface area (Å²) >= 11 is 0. The van der Waals surface area contributed by atoms with E-state index in [1.54, 1.807) is 0 Å². The highest BCUT2D eigenvalue weighted by molar-refractivity contribution is 5.70. The monoisotopic (exact) mass is 277 g/mol. The number of carboxylic acids is 1. The molecule has 1 aromatic rings. The van der Waals surface area contributed by atoms with Crippen molar-refractivity contribution in [2.24, 2.45) is 5.92 Å². The maximum Gasteiger partial charge on any atom is 0.306 e. The van der Waals surface area contributed by atoms with E-state index >= 15 is 0 Å². The van der Waals surface area contributed by atoms with Crippen LogP contribution in [-0.4, -0.2) is 42.2 Å². The Morgan fingerprint density at radius 1 is 1.35 bits per heavy atom. The van der Waals surface area contributed by atoms with Crippen LogP contribution in [0, 0.1) is 12.8 Å². The smallest absolute Gasteiger partial charge is 0.306 e. The van der Waals surface area contributed by atoms with Crippen molar-refractivity contribution in [2.45, 2.75) is 26.2 Å². The fourth-order valence-corrected chi connectivity index (χ4v) is 2.59. The number of nitrogens with zero attached hydrogens (tertiary/aromatic N) is 1. The molecule has 0 aromatic heterocycles. The first-order valence-electron chi connectivity index (χ1n) is 7.30. The van der Waals surface area contributed by atoms with Gasteiger partial charge in [-0.2, -0.15) is 0 Å². The highest BCUT2D eigenvalue weighted by atomic mass is 16.5. The van der Waals surface area contributed by atoms with Crippen LogP contribution in [0.15, 0.2) is 24.3 Å². The summed E-state index contributed by atoms with van der Waals surface area (Å²) in [4.78, 5) is 13.2. The topological polar surface area (TPSA) is 49.8 Å². The number of hydrogen-bond acceptors (Lipinski definition) is 3. The van der Waals surface area contributed by atoms with Crippen molar-refractivity contribution >= 4 is 5.97 Å². The predicted octanol–water partition coefficient (Wildman–Crippen LogP) is 2.56. The molecule has 1 aliphatic rings. The van der Waals surface area contributed by atoms with E-state index in [0.717, 1.165) is 50.2 Å². The van der Waals surface area contributed by atoms with Crippen LogP contribution in [0.25, 0.3) is 0 Å². The lowest BCUT2D eigenvalue weighted by atomic mass is 9.97. The molecule has 0 unspecified atom stereocenters. The summed E-state index contributed by atoms with van der Waals surface area (Å²) in [5, 5.41) is 8.95. The van der Waals surface area contributed by atoms with E-state index in [2.05, 4.69) is 4.90 Å². The van der Waals surface area contributed by atoms with E-state index in [9.17, 15) is 4.79 Å². The van der Waals surface area contributed by atoms with Crippen LogP contribution in [0.5, 0.6) is 5.75 Å². The van der Waals surface area contributed by atoms with Gasteiger partial charge in [-0.05, 0) is 50.9 Å². The van der Waals surface area contributed by atoms with Crippen LogP contribution in [-0.2, 0) is 4.79 Å². The van der Waals surface area contributed by atoms with E-state index < -0.39 is 5.97 Å². The van der Waals surface area contributed by atoms with E-state index in [-0.39, 0.29) is 5.92 Å². The van der Waals surface area contributed by atoms with Gasteiger partial charge in [0.05, 0.1) is 12.5 Å². The molecule has 110 valence electrons. The molecule has 0 atom stereocenters. The molecule has 0 saturated carbocycles. The Morgan fingerprint density at radius 3 is 2.70 bits per heavy atom. The van der Waals surface area contributed by atoms with Gasteiger partial charge in [0.2, 0.25) is 0 Å². The molecule has 0 bridgehead atoms. The Balaban J connectivity index is 1.63. The third-order valence-corrected chi connectivity index (χ3v) is 3.91. The molecule has 1 aliphatic heterocycles. The van der Waals surface area contributed by atoms with E-state index in [4.69, 9.17) is 9.84 Å². The van der Waals surface area contributed by atoms with E-state index in [1.165, 1.54) is 0 Å². The van der Waals surface area contributed by atoms with Gasteiger partial charge < -0.3 is 14.7 Å². The molecule has 2 rings (SSSR count). The molecule has 0 spiro atoms. The van der Waals surface area contributed by atoms with Gasteiger partial charge in [-0.1, -0.05) is 18.2 Å². The van der Waals surface area contributed by atoms with Crippen LogP contribution in [0.2, 0.25) is 0 Å². The SMILES string of the molecule is Cc1ccccc1OCCCN1CCC(C(=O)O)CC1. The lowest BCUT2D eigenvalue weighted by molar-refractivity contribution is -0.143. The maximum absolute atomic E-state index is 10.9. The Labute approximate surface area is 120 Å². The lowest BCUT2D eigenvalue weighted by Crippen LogP contribution is -2.37. The van der Waals surface area contributed by atoms with Gasteiger partial charge in [0.25, 0.3) is 0 Å². The van der Waals surface area contributed by atoms with Gasteiger partial charge in [0, 0.05) is 6.54 Å². The summed E-state index contributed by atoms with van der Waals surface area (Å²) in [5.41, 5.74) is 1.16. The van der Waals surface area contributed by atoms with Gasteiger partial charge in [-0.25, -0.2) is 0 Å². The second-order valence-corrected chi connectivity index (χ2v) is 5.42. The number of para-hydroxylation sites is 1. The van der Waals surface area contributed by atoms with Gasteiger partial charge in [-0.15, -0.1) is 0 Å². The number of aryl methyl sites for hydroxylation is 1. The van der Waals surface area contributed by atoms with Crippen molar-refractivity contribution in [3.8, 4) is 5.75 Å². The first-order valence-corrected chi connectivity index (χ1v) is 7.30. The van der Waals surface area contributed by atoms with Crippen molar-refractivity contribution < 1.29 is 14.6 Å². The summed E-state index contributed by atoms with van der Waals surface area (Å²) in [7, 11) is 0. The number of carbonyl (C=O) groups is 1. The van der Waals surface area contributed by atoms with Crippen LogP contribution in [0.4, 0.5) is 0 Å². The third-order valence-electron chi connectivity index (χ3n) is 3.91. The molecule has 1 N–H and O–H groups in total. The van der Waals surface area contributed by atoms with E-state index in [1.807, 2.05) is 31.2 Å². The van der Waals surface area contributed by atoms with Gasteiger partial charge in [0.1, 0.15) is 5.75 Å². The van der Waals surface area contributed by atoms with Gasteiger partial charge in [0.15, 0.2) is 0 Å². The Hall–Kier alpha value is -1.55. The lowest BCUT2D eigenvalue weighted by Gasteiger charge is -2.29. The second-order valence-electron chi connectivity index (χ2n) is 5.42. The molecule has 1 fully saturated rings. The summed E-state index contributed by atoms with van der Waals surface area (Å²) in [6, 6.07) is 8.04. The number of carboxylic acid groups (broad SMARTS) is 1. The number of hydrogen-bond donors (Lipinski definition) is 1. The third kappa shape index (κ3) is 4.23. The highest BCUT2D eigenvalue weighted by Gasteiger charge is 2.23.